The summed E-state index contributed by atoms with van der Waals surface area (Å²) in [5, 5.41) is 0.887. The van der Waals surface area contributed by atoms with E-state index in [0.29, 0.717) is 0 Å². The standard InChI is InChI=1S/C13H20N2S/c1-15-9-4-13(5-10-15)16-11-6-12-2-7-14-8-3-12/h2-3,7-8,13H,4-6,9-11H2,1H3. The van der Waals surface area contributed by atoms with Crippen LogP contribution in [-0.2, 0) is 6.42 Å². The fourth-order valence-corrected chi connectivity index (χ4v) is 3.28. The van der Waals surface area contributed by atoms with E-state index in [4.69, 9.17) is 0 Å². The SMILES string of the molecule is CN1CCC(SCCc2ccncc2)CC1. The van der Waals surface area contributed by atoms with E-state index in [1.165, 1.54) is 43.7 Å². The molecule has 1 aromatic rings. The molecule has 0 saturated carbocycles. The predicted molar refractivity (Wildman–Crippen MR) is 70.9 cm³/mol. The Morgan fingerprint density at radius 2 is 2.00 bits per heavy atom. The van der Waals surface area contributed by atoms with Crippen molar-refractivity contribution in [1.82, 2.24) is 9.88 Å². The number of thioether (sulfide) groups is 1. The van der Waals surface area contributed by atoms with E-state index in [9.17, 15) is 0 Å². The fourth-order valence-electron chi connectivity index (χ4n) is 2.04. The second-order valence-electron chi connectivity index (χ2n) is 4.48. The lowest BCUT2D eigenvalue weighted by Gasteiger charge is -2.28. The minimum absolute atomic E-state index is 0.887. The summed E-state index contributed by atoms with van der Waals surface area (Å²) in [7, 11) is 2.22. The second kappa shape index (κ2) is 6.26. The van der Waals surface area contributed by atoms with Crippen molar-refractivity contribution in [3.05, 3.63) is 30.1 Å². The Bertz CT molecular complexity index is 294. The zero-order chi connectivity index (χ0) is 11.2. The molecule has 3 heteroatoms. The number of hydrogen-bond donors (Lipinski definition) is 0. The molecule has 0 radical (unpaired) electrons. The Morgan fingerprint density at radius 3 is 2.69 bits per heavy atom. The molecule has 1 aliphatic rings. The lowest BCUT2D eigenvalue weighted by Crippen LogP contribution is -2.31. The van der Waals surface area contributed by atoms with Crippen LogP contribution in [0.4, 0.5) is 0 Å². The van der Waals surface area contributed by atoms with Gasteiger partial charge in [0.05, 0.1) is 0 Å². The highest BCUT2D eigenvalue weighted by Crippen LogP contribution is 2.23. The summed E-state index contributed by atoms with van der Waals surface area (Å²) in [6.45, 7) is 2.54. The molecule has 0 aliphatic carbocycles. The summed E-state index contributed by atoms with van der Waals surface area (Å²) < 4.78 is 0. The molecule has 1 aromatic heterocycles. The van der Waals surface area contributed by atoms with E-state index in [2.05, 4.69) is 40.8 Å². The molecule has 1 fully saturated rings. The number of piperidine rings is 1. The van der Waals surface area contributed by atoms with Crippen molar-refractivity contribution in [2.75, 3.05) is 25.9 Å². The third-order valence-corrected chi connectivity index (χ3v) is 4.54. The van der Waals surface area contributed by atoms with Crippen molar-refractivity contribution < 1.29 is 0 Å². The lowest BCUT2D eigenvalue weighted by atomic mass is 10.1. The Labute approximate surface area is 102 Å². The monoisotopic (exact) mass is 236 g/mol. The van der Waals surface area contributed by atoms with Gasteiger partial charge in [0, 0.05) is 17.6 Å². The lowest BCUT2D eigenvalue weighted by molar-refractivity contribution is 0.282. The molecule has 88 valence electrons. The zero-order valence-electron chi connectivity index (χ0n) is 9.93. The topological polar surface area (TPSA) is 16.1 Å². The summed E-state index contributed by atoms with van der Waals surface area (Å²) in [6, 6.07) is 4.24. The van der Waals surface area contributed by atoms with Gasteiger partial charge in [-0.1, -0.05) is 0 Å². The zero-order valence-corrected chi connectivity index (χ0v) is 10.7. The van der Waals surface area contributed by atoms with Crippen LogP contribution in [0.1, 0.15) is 18.4 Å². The van der Waals surface area contributed by atoms with Gasteiger partial charge >= 0.3 is 0 Å². The molecule has 1 saturated heterocycles. The van der Waals surface area contributed by atoms with Crippen LogP contribution in [0.3, 0.4) is 0 Å². The predicted octanol–water partition coefficient (Wildman–Crippen LogP) is 2.45. The first kappa shape index (κ1) is 11.9. The van der Waals surface area contributed by atoms with Crippen LogP contribution in [0.15, 0.2) is 24.5 Å². The molecular formula is C13H20N2S. The Balaban J connectivity index is 1.65. The number of pyridine rings is 1. The number of nitrogens with zero attached hydrogens (tertiary/aromatic N) is 2. The molecule has 0 bridgehead atoms. The summed E-state index contributed by atoms with van der Waals surface area (Å²) in [6.07, 6.45) is 7.67. The van der Waals surface area contributed by atoms with Gasteiger partial charge in [0.2, 0.25) is 0 Å². The van der Waals surface area contributed by atoms with Gasteiger partial charge in [0.15, 0.2) is 0 Å². The molecular weight excluding hydrogens is 216 g/mol. The first-order chi connectivity index (χ1) is 7.84. The van der Waals surface area contributed by atoms with Gasteiger partial charge in [-0.15, -0.1) is 0 Å². The van der Waals surface area contributed by atoms with Crippen molar-refractivity contribution in [3.63, 3.8) is 0 Å². The van der Waals surface area contributed by atoms with Crippen LogP contribution in [0.25, 0.3) is 0 Å². The highest BCUT2D eigenvalue weighted by Gasteiger charge is 2.16. The van der Waals surface area contributed by atoms with E-state index in [1.54, 1.807) is 0 Å². The average Bonchev–Trinajstić information content (AvgIpc) is 2.33. The van der Waals surface area contributed by atoms with Gasteiger partial charge in [0.25, 0.3) is 0 Å². The Kier molecular flexibility index (Phi) is 4.67. The van der Waals surface area contributed by atoms with Crippen LogP contribution < -0.4 is 0 Å². The summed E-state index contributed by atoms with van der Waals surface area (Å²) in [5.41, 5.74) is 1.41. The number of aryl methyl sites for hydroxylation is 1. The number of aromatic nitrogens is 1. The van der Waals surface area contributed by atoms with Gasteiger partial charge in [0.1, 0.15) is 0 Å². The molecule has 2 rings (SSSR count). The van der Waals surface area contributed by atoms with Crippen LogP contribution in [0, 0.1) is 0 Å². The molecule has 0 amide bonds. The molecule has 2 nitrogen and oxygen atoms in total. The van der Waals surface area contributed by atoms with Crippen LogP contribution >= 0.6 is 11.8 Å². The maximum atomic E-state index is 4.04. The Morgan fingerprint density at radius 1 is 1.31 bits per heavy atom. The maximum Gasteiger partial charge on any atom is 0.0270 e. The minimum atomic E-state index is 0.887. The van der Waals surface area contributed by atoms with E-state index >= 15 is 0 Å². The summed E-state index contributed by atoms with van der Waals surface area (Å²) in [5.74, 6) is 1.25. The molecule has 0 aromatic carbocycles. The van der Waals surface area contributed by atoms with E-state index < -0.39 is 0 Å². The van der Waals surface area contributed by atoms with Crippen LogP contribution in [0.2, 0.25) is 0 Å². The van der Waals surface area contributed by atoms with Crippen LogP contribution in [0.5, 0.6) is 0 Å². The van der Waals surface area contributed by atoms with E-state index in [0.717, 1.165) is 5.25 Å². The van der Waals surface area contributed by atoms with Crippen molar-refractivity contribution >= 4 is 11.8 Å². The van der Waals surface area contributed by atoms with Gasteiger partial charge in [-0.25, -0.2) is 0 Å². The fraction of sp³-hybridized carbons (Fsp3) is 0.615. The van der Waals surface area contributed by atoms with Gasteiger partial charge in [-0.3, -0.25) is 4.98 Å². The van der Waals surface area contributed by atoms with Gasteiger partial charge in [-0.2, -0.15) is 11.8 Å². The third-order valence-electron chi connectivity index (χ3n) is 3.16. The van der Waals surface area contributed by atoms with Gasteiger partial charge in [-0.05, 0) is 62.8 Å². The highest BCUT2D eigenvalue weighted by atomic mass is 32.2. The molecule has 16 heavy (non-hydrogen) atoms. The summed E-state index contributed by atoms with van der Waals surface area (Å²) in [4.78, 5) is 6.47. The van der Waals surface area contributed by atoms with Crippen molar-refractivity contribution in [1.29, 1.82) is 0 Å². The van der Waals surface area contributed by atoms with Gasteiger partial charge < -0.3 is 4.90 Å². The quantitative estimate of drug-likeness (QED) is 0.799. The van der Waals surface area contributed by atoms with Crippen molar-refractivity contribution in [2.24, 2.45) is 0 Å². The molecule has 0 spiro atoms. The number of likely N-dealkylation sites (tertiary alicyclic amines) is 1. The van der Waals surface area contributed by atoms with Crippen LogP contribution in [-0.4, -0.2) is 41.0 Å². The van der Waals surface area contributed by atoms with Crippen molar-refractivity contribution in [3.8, 4) is 0 Å². The summed E-state index contributed by atoms with van der Waals surface area (Å²) >= 11 is 2.15. The first-order valence-corrected chi connectivity index (χ1v) is 7.08. The first-order valence-electron chi connectivity index (χ1n) is 6.03. The average molecular weight is 236 g/mol. The molecule has 2 heterocycles. The normalized spacial score (nSPS) is 18.8. The van der Waals surface area contributed by atoms with E-state index in [-0.39, 0.29) is 0 Å². The second-order valence-corrected chi connectivity index (χ2v) is 5.89. The smallest absolute Gasteiger partial charge is 0.0270 e. The largest absolute Gasteiger partial charge is 0.306 e. The number of hydrogen-bond acceptors (Lipinski definition) is 3. The minimum Gasteiger partial charge on any atom is -0.306 e. The molecule has 0 N–H and O–H groups in total. The maximum absolute atomic E-state index is 4.04. The highest BCUT2D eigenvalue weighted by molar-refractivity contribution is 7.99. The molecule has 0 unspecified atom stereocenters. The van der Waals surface area contributed by atoms with Crippen molar-refractivity contribution in [2.45, 2.75) is 24.5 Å². The molecule has 0 atom stereocenters. The Hall–Kier alpha value is -0.540. The third kappa shape index (κ3) is 3.80. The van der Waals surface area contributed by atoms with E-state index in [1.807, 2.05) is 12.4 Å². The number of rotatable bonds is 4. The molecule has 1 aliphatic heterocycles.